The molecule has 0 bridgehead atoms. The summed E-state index contributed by atoms with van der Waals surface area (Å²) in [6.45, 7) is 0. The van der Waals surface area contributed by atoms with Gasteiger partial charge in [0.2, 0.25) is 0 Å². The van der Waals surface area contributed by atoms with Gasteiger partial charge >= 0.3 is 0 Å². The van der Waals surface area contributed by atoms with Gasteiger partial charge in [0.15, 0.2) is 0 Å². The molecule has 0 aromatic heterocycles. The molecule has 0 spiro atoms. The number of hydrazone groups is 1. The number of hydrogen-bond donors (Lipinski definition) is 1. The average molecular weight is 368 g/mol. The number of halogens is 2. The maximum Gasteiger partial charge on any atom is 0.272 e. The molecular weight excluding hydrogens is 356 g/mol. The molecule has 0 aliphatic rings. The number of benzene rings is 2. The third kappa shape index (κ3) is 4.06. The molecule has 0 aliphatic heterocycles. The minimum Gasteiger partial charge on any atom is -0.496 e. The second kappa shape index (κ2) is 7.24. The first-order valence-electron chi connectivity index (χ1n) is 6.03. The molecule has 108 valence electrons. The van der Waals surface area contributed by atoms with Gasteiger partial charge in [-0.1, -0.05) is 23.7 Å². The highest BCUT2D eigenvalue weighted by Gasteiger charge is 2.07. The maximum absolute atomic E-state index is 11.9. The van der Waals surface area contributed by atoms with E-state index < -0.39 is 0 Å². The maximum atomic E-state index is 11.9. The van der Waals surface area contributed by atoms with Crippen LogP contribution in [0.15, 0.2) is 52.0 Å². The topological polar surface area (TPSA) is 50.7 Å². The van der Waals surface area contributed by atoms with Crippen LogP contribution in [0.2, 0.25) is 5.02 Å². The number of ether oxygens (including phenoxy) is 1. The summed E-state index contributed by atoms with van der Waals surface area (Å²) in [7, 11) is 1.59. The van der Waals surface area contributed by atoms with E-state index in [0.29, 0.717) is 10.6 Å². The second-order valence-corrected chi connectivity index (χ2v) is 5.33. The summed E-state index contributed by atoms with van der Waals surface area (Å²) in [5.74, 6) is 0.372. The molecule has 0 saturated carbocycles. The summed E-state index contributed by atoms with van der Waals surface area (Å²) in [5, 5.41) is 4.30. The highest BCUT2D eigenvalue weighted by Crippen LogP contribution is 2.24. The highest BCUT2D eigenvalue weighted by atomic mass is 79.9. The Morgan fingerprint density at radius 3 is 2.76 bits per heavy atom. The fourth-order valence-corrected chi connectivity index (χ4v) is 2.41. The molecule has 0 atom stereocenters. The van der Waals surface area contributed by atoms with Gasteiger partial charge in [-0.2, -0.15) is 5.10 Å². The lowest BCUT2D eigenvalue weighted by atomic mass is 10.2. The summed E-state index contributed by atoms with van der Waals surface area (Å²) in [6.07, 6.45) is 1.54. The molecule has 0 radical (unpaired) electrons. The van der Waals surface area contributed by atoms with Gasteiger partial charge in [0.05, 0.1) is 28.4 Å². The number of methoxy groups -OCH3 is 1. The van der Waals surface area contributed by atoms with Gasteiger partial charge in [-0.3, -0.25) is 4.79 Å². The summed E-state index contributed by atoms with van der Waals surface area (Å²) in [5.41, 5.74) is 3.64. The molecule has 6 heteroatoms. The highest BCUT2D eigenvalue weighted by molar-refractivity contribution is 9.10. The zero-order chi connectivity index (χ0) is 15.2. The van der Waals surface area contributed by atoms with E-state index >= 15 is 0 Å². The first-order valence-corrected chi connectivity index (χ1v) is 7.20. The number of carbonyl (C=O) groups excluding carboxylic acids is 1. The minimum absolute atomic E-state index is 0.357. The number of hydrogen-bond acceptors (Lipinski definition) is 3. The van der Waals surface area contributed by atoms with Crippen LogP contribution in [-0.2, 0) is 0 Å². The van der Waals surface area contributed by atoms with Gasteiger partial charge < -0.3 is 4.74 Å². The fraction of sp³-hybridized carbons (Fsp3) is 0.0667. The molecule has 0 saturated heterocycles. The van der Waals surface area contributed by atoms with Crippen molar-refractivity contribution in [2.45, 2.75) is 0 Å². The van der Waals surface area contributed by atoms with Crippen molar-refractivity contribution in [3.8, 4) is 5.75 Å². The van der Waals surface area contributed by atoms with Gasteiger partial charge in [-0.05, 0) is 51.8 Å². The summed E-state index contributed by atoms with van der Waals surface area (Å²) >= 11 is 9.32. The van der Waals surface area contributed by atoms with E-state index in [9.17, 15) is 4.79 Å². The average Bonchev–Trinajstić information content (AvgIpc) is 2.48. The Labute approximate surface area is 135 Å². The zero-order valence-corrected chi connectivity index (χ0v) is 13.5. The molecule has 1 N–H and O–H groups in total. The van der Waals surface area contributed by atoms with E-state index in [-0.39, 0.29) is 5.91 Å². The minimum atomic E-state index is -0.357. The van der Waals surface area contributed by atoms with Crippen LogP contribution in [0.4, 0.5) is 0 Å². The lowest BCUT2D eigenvalue weighted by Crippen LogP contribution is -2.17. The Balaban J connectivity index is 2.04. The van der Waals surface area contributed by atoms with E-state index in [1.165, 1.54) is 0 Å². The van der Waals surface area contributed by atoms with Crippen molar-refractivity contribution in [1.82, 2.24) is 5.43 Å². The monoisotopic (exact) mass is 366 g/mol. The fourth-order valence-electron chi connectivity index (χ4n) is 1.63. The van der Waals surface area contributed by atoms with Crippen LogP contribution in [0, 0.1) is 0 Å². The second-order valence-electron chi connectivity index (χ2n) is 4.07. The van der Waals surface area contributed by atoms with Crippen LogP contribution in [0.3, 0.4) is 0 Å². The normalized spacial score (nSPS) is 10.6. The third-order valence-electron chi connectivity index (χ3n) is 2.67. The third-order valence-corrected chi connectivity index (χ3v) is 3.62. The van der Waals surface area contributed by atoms with Crippen LogP contribution in [0.25, 0.3) is 0 Å². The molecule has 0 aliphatic carbocycles. The van der Waals surface area contributed by atoms with Gasteiger partial charge in [0.25, 0.3) is 5.91 Å². The SMILES string of the molecule is COc1ccc(/C=N/NC(=O)c2ccccc2Cl)cc1Br. The first-order chi connectivity index (χ1) is 10.1. The van der Waals surface area contributed by atoms with Crippen molar-refractivity contribution in [3.63, 3.8) is 0 Å². The summed E-state index contributed by atoms with van der Waals surface area (Å²) < 4.78 is 5.95. The van der Waals surface area contributed by atoms with Crippen LogP contribution in [0.1, 0.15) is 15.9 Å². The van der Waals surface area contributed by atoms with Crippen molar-refractivity contribution < 1.29 is 9.53 Å². The molecule has 0 fully saturated rings. The van der Waals surface area contributed by atoms with Crippen molar-refractivity contribution in [2.24, 2.45) is 5.10 Å². The number of rotatable bonds is 4. The summed E-state index contributed by atoms with van der Waals surface area (Å²) in [4.78, 5) is 11.9. The van der Waals surface area contributed by atoms with Crippen LogP contribution in [-0.4, -0.2) is 19.2 Å². The number of carbonyl (C=O) groups is 1. The molecule has 2 aromatic carbocycles. The van der Waals surface area contributed by atoms with Crippen molar-refractivity contribution in [1.29, 1.82) is 0 Å². The smallest absolute Gasteiger partial charge is 0.272 e. The number of amides is 1. The van der Waals surface area contributed by atoms with Crippen molar-refractivity contribution in [3.05, 3.63) is 63.1 Å². The van der Waals surface area contributed by atoms with Gasteiger partial charge in [0.1, 0.15) is 5.75 Å². The lowest BCUT2D eigenvalue weighted by Gasteiger charge is -2.04. The van der Waals surface area contributed by atoms with Gasteiger partial charge in [0, 0.05) is 0 Å². The molecule has 1 amide bonds. The Bertz CT molecular complexity index is 689. The van der Waals surface area contributed by atoms with E-state index in [1.807, 2.05) is 12.1 Å². The van der Waals surface area contributed by atoms with E-state index in [4.69, 9.17) is 16.3 Å². The largest absolute Gasteiger partial charge is 0.496 e. The Hall–Kier alpha value is -1.85. The molecule has 21 heavy (non-hydrogen) atoms. The van der Waals surface area contributed by atoms with E-state index in [1.54, 1.807) is 43.7 Å². The molecule has 4 nitrogen and oxygen atoms in total. The molecule has 0 unspecified atom stereocenters. The predicted molar refractivity (Wildman–Crippen MR) is 87.2 cm³/mol. The lowest BCUT2D eigenvalue weighted by molar-refractivity contribution is 0.0955. The molecule has 2 rings (SSSR count). The summed E-state index contributed by atoms with van der Waals surface area (Å²) in [6, 6.07) is 12.3. The van der Waals surface area contributed by atoms with Crippen LogP contribution in [0.5, 0.6) is 5.75 Å². The van der Waals surface area contributed by atoms with Gasteiger partial charge in [-0.15, -0.1) is 0 Å². The predicted octanol–water partition coefficient (Wildman–Crippen LogP) is 3.88. The Morgan fingerprint density at radius 2 is 2.10 bits per heavy atom. The zero-order valence-electron chi connectivity index (χ0n) is 11.1. The quantitative estimate of drug-likeness (QED) is 0.659. The van der Waals surface area contributed by atoms with Crippen molar-refractivity contribution >= 4 is 39.7 Å². The molecular formula is C15H12BrClN2O2. The van der Waals surface area contributed by atoms with Crippen LogP contribution < -0.4 is 10.2 Å². The Morgan fingerprint density at radius 1 is 1.33 bits per heavy atom. The van der Waals surface area contributed by atoms with Gasteiger partial charge in [-0.25, -0.2) is 5.43 Å². The first kappa shape index (κ1) is 15.5. The van der Waals surface area contributed by atoms with Crippen LogP contribution >= 0.6 is 27.5 Å². The number of nitrogens with one attached hydrogen (secondary N) is 1. The van der Waals surface area contributed by atoms with E-state index in [2.05, 4.69) is 26.5 Å². The standard InChI is InChI=1S/C15H12BrClN2O2/c1-21-14-7-6-10(8-12(14)16)9-18-19-15(20)11-4-2-3-5-13(11)17/h2-9H,1H3,(H,19,20)/b18-9+. The Kier molecular flexibility index (Phi) is 5.36. The molecule has 2 aromatic rings. The van der Waals surface area contributed by atoms with Crippen molar-refractivity contribution in [2.75, 3.05) is 7.11 Å². The van der Waals surface area contributed by atoms with E-state index in [0.717, 1.165) is 15.8 Å². The number of nitrogens with zero attached hydrogens (tertiary/aromatic N) is 1. The molecule has 0 heterocycles.